The number of amides is 1. The molecule has 0 aliphatic carbocycles. The van der Waals surface area contributed by atoms with Gasteiger partial charge in [-0.25, -0.2) is 9.59 Å². The quantitative estimate of drug-likeness (QED) is 0.477. The number of carbonyl (C=O) groups excluding carboxylic acids is 2. The maximum absolute atomic E-state index is 12.5. The zero-order valence-corrected chi connectivity index (χ0v) is 15.0. The number of esters is 1. The summed E-state index contributed by atoms with van der Waals surface area (Å²) in [6, 6.07) is 8.93. The standard InChI is InChI=1S/C18H25NO6/c1-18(2,3)25-17(22)19(11-20)13(10-12-8-6-5-7-9-12)14-15(24-14)16(21)23-4/h5-9,13-15,20H,10-11H2,1-4H3/t13-,14-,15+/m0/s1. The second-order valence-electron chi connectivity index (χ2n) is 6.89. The molecule has 7 heteroatoms. The van der Waals surface area contributed by atoms with Crippen molar-refractivity contribution < 1.29 is 28.9 Å². The van der Waals surface area contributed by atoms with Crippen LogP contribution in [-0.2, 0) is 25.4 Å². The maximum Gasteiger partial charge on any atom is 0.412 e. The fourth-order valence-electron chi connectivity index (χ4n) is 2.60. The van der Waals surface area contributed by atoms with Crippen LogP contribution in [0, 0.1) is 0 Å². The lowest BCUT2D eigenvalue weighted by Gasteiger charge is -2.31. The summed E-state index contributed by atoms with van der Waals surface area (Å²) >= 11 is 0. The van der Waals surface area contributed by atoms with E-state index in [-0.39, 0.29) is 0 Å². The van der Waals surface area contributed by atoms with Gasteiger partial charge in [0.05, 0.1) is 13.2 Å². The number of aliphatic hydroxyl groups excluding tert-OH is 1. The van der Waals surface area contributed by atoms with Gasteiger partial charge >= 0.3 is 12.1 Å². The molecular formula is C18H25NO6. The van der Waals surface area contributed by atoms with E-state index in [9.17, 15) is 14.7 Å². The molecule has 0 radical (unpaired) electrons. The lowest BCUT2D eigenvalue weighted by Crippen LogP contribution is -2.48. The Hall–Kier alpha value is -2.12. The van der Waals surface area contributed by atoms with Crippen LogP contribution >= 0.6 is 0 Å². The van der Waals surface area contributed by atoms with Crippen LogP contribution in [0.5, 0.6) is 0 Å². The van der Waals surface area contributed by atoms with E-state index in [4.69, 9.17) is 14.2 Å². The number of hydrogen-bond acceptors (Lipinski definition) is 6. The molecule has 1 saturated heterocycles. The molecule has 25 heavy (non-hydrogen) atoms. The molecular weight excluding hydrogens is 326 g/mol. The molecule has 2 rings (SSSR count). The highest BCUT2D eigenvalue weighted by Crippen LogP contribution is 2.32. The van der Waals surface area contributed by atoms with E-state index in [1.54, 1.807) is 20.8 Å². The van der Waals surface area contributed by atoms with E-state index in [0.717, 1.165) is 5.56 Å². The van der Waals surface area contributed by atoms with Crippen LogP contribution in [0.25, 0.3) is 0 Å². The summed E-state index contributed by atoms with van der Waals surface area (Å²) in [4.78, 5) is 25.4. The van der Waals surface area contributed by atoms with Crippen molar-refractivity contribution in [2.75, 3.05) is 13.8 Å². The Labute approximate surface area is 147 Å². The van der Waals surface area contributed by atoms with Crippen molar-refractivity contribution in [1.82, 2.24) is 4.90 Å². The Balaban J connectivity index is 2.20. The van der Waals surface area contributed by atoms with Gasteiger partial charge in [0.15, 0.2) is 6.10 Å². The van der Waals surface area contributed by atoms with Gasteiger partial charge in [-0.3, -0.25) is 4.90 Å². The minimum atomic E-state index is -0.741. The van der Waals surface area contributed by atoms with E-state index in [0.29, 0.717) is 6.42 Å². The zero-order valence-electron chi connectivity index (χ0n) is 15.0. The number of rotatable bonds is 6. The van der Waals surface area contributed by atoms with Gasteiger partial charge in [0.25, 0.3) is 0 Å². The minimum absolute atomic E-state index is 0.415. The van der Waals surface area contributed by atoms with E-state index < -0.39 is 42.6 Å². The molecule has 1 aromatic carbocycles. The van der Waals surface area contributed by atoms with Crippen LogP contribution < -0.4 is 0 Å². The zero-order chi connectivity index (χ0) is 18.6. The van der Waals surface area contributed by atoms with Gasteiger partial charge in [0, 0.05) is 0 Å². The van der Waals surface area contributed by atoms with Crippen LogP contribution in [-0.4, -0.2) is 59.8 Å². The molecule has 1 aromatic rings. The van der Waals surface area contributed by atoms with Gasteiger partial charge in [-0.2, -0.15) is 0 Å². The Morgan fingerprint density at radius 2 is 1.92 bits per heavy atom. The van der Waals surface area contributed by atoms with E-state index >= 15 is 0 Å². The van der Waals surface area contributed by atoms with Crippen molar-refractivity contribution in [1.29, 1.82) is 0 Å². The molecule has 0 unspecified atom stereocenters. The van der Waals surface area contributed by atoms with Crippen molar-refractivity contribution in [2.24, 2.45) is 0 Å². The summed E-state index contributed by atoms with van der Waals surface area (Å²) in [6.45, 7) is 4.70. The van der Waals surface area contributed by atoms with E-state index in [1.165, 1.54) is 12.0 Å². The van der Waals surface area contributed by atoms with Crippen LogP contribution in [0.15, 0.2) is 30.3 Å². The molecule has 3 atom stereocenters. The van der Waals surface area contributed by atoms with Crippen molar-refractivity contribution in [3.05, 3.63) is 35.9 Å². The minimum Gasteiger partial charge on any atom is -0.467 e. The third-order valence-corrected chi connectivity index (χ3v) is 3.81. The van der Waals surface area contributed by atoms with Crippen LogP contribution in [0.2, 0.25) is 0 Å². The number of carbonyl (C=O) groups is 2. The van der Waals surface area contributed by atoms with Crippen molar-refractivity contribution in [2.45, 2.75) is 51.0 Å². The van der Waals surface area contributed by atoms with E-state index in [2.05, 4.69) is 0 Å². The summed E-state index contributed by atoms with van der Waals surface area (Å²) in [7, 11) is 1.28. The molecule has 7 nitrogen and oxygen atoms in total. The first-order valence-electron chi connectivity index (χ1n) is 8.14. The number of epoxide rings is 1. The van der Waals surface area contributed by atoms with Crippen molar-refractivity contribution >= 4 is 12.1 Å². The average molecular weight is 351 g/mol. The second-order valence-corrected chi connectivity index (χ2v) is 6.89. The molecule has 0 spiro atoms. The smallest absolute Gasteiger partial charge is 0.412 e. The Morgan fingerprint density at radius 3 is 2.44 bits per heavy atom. The molecule has 1 aliphatic rings. The molecule has 0 bridgehead atoms. The summed E-state index contributed by atoms with van der Waals surface area (Å²) < 4.78 is 15.5. The number of hydrogen-bond donors (Lipinski definition) is 1. The molecule has 1 amide bonds. The molecule has 1 N–H and O–H groups in total. The largest absolute Gasteiger partial charge is 0.467 e. The van der Waals surface area contributed by atoms with Crippen LogP contribution in [0.3, 0.4) is 0 Å². The first-order chi connectivity index (χ1) is 11.8. The number of methoxy groups -OCH3 is 1. The SMILES string of the molecule is COC(=O)[C@@H]1O[C@H]1[C@H](Cc1ccccc1)N(CO)C(=O)OC(C)(C)C. The highest BCUT2D eigenvalue weighted by atomic mass is 16.6. The number of nitrogens with zero attached hydrogens (tertiary/aromatic N) is 1. The lowest BCUT2D eigenvalue weighted by atomic mass is 10.0. The fourth-order valence-corrected chi connectivity index (χ4v) is 2.60. The van der Waals surface area contributed by atoms with Crippen LogP contribution in [0.1, 0.15) is 26.3 Å². The fraction of sp³-hybridized carbons (Fsp3) is 0.556. The first kappa shape index (κ1) is 19.2. The monoisotopic (exact) mass is 351 g/mol. The Bertz CT molecular complexity index is 597. The highest BCUT2D eigenvalue weighted by molar-refractivity contribution is 5.78. The summed E-state index contributed by atoms with van der Waals surface area (Å²) in [6.07, 6.45) is -1.53. The van der Waals surface area contributed by atoms with Gasteiger partial charge in [0.2, 0.25) is 0 Å². The highest BCUT2D eigenvalue weighted by Gasteiger charge is 2.53. The Kier molecular flexibility index (Phi) is 6.02. The van der Waals surface area contributed by atoms with Gasteiger partial charge in [0.1, 0.15) is 18.4 Å². The number of aliphatic hydroxyl groups is 1. The lowest BCUT2D eigenvalue weighted by molar-refractivity contribution is -0.142. The molecule has 1 heterocycles. The predicted molar refractivity (Wildman–Crippen MR) is 89.8 cm³/mol. The normalized spacial score (nSPS) is 20.5. The molecule has 1 aliphatic heterocycles. The van der Waals surface area contributed by atoms with Gasteiger partial charge < -0.3 is 19.3 Å². The van der Waals surface area contributed by atoms with Gasteiger partial charge in [-0.05, 0) is 32.8 Å². The summed E-state index contributed by atoms with van der Waals surface area (Å²) in [5, 5.41) is 9.75. The summed E-state index contributed by atoms with van der Waals surface area (Å²) in [5.41, 5.74) is 0.252. The summed E-state index contributed by atoms with van der Waals surface area (Å²) in [5.74, 6) is -0.495. The Morgan fingerprint density at radius 1 is 1.28 bits per heavy atom. The first-order valence-corrected chi connectivity index (χ1v) is 8.14. The number of ether oxygens (including phenoxy) is 3. The molecule has 1 fully saturated rings. The predicted octanol–water partition coefficient (Wildman–Crippen LogP) is 1.72. The third kappa shape index (κ3) is 5.17. The van der Waals surface area contributed by atoms with Crippen molar-refractivity contribution in [3.8, 4) is 0 Å². The van der Waals surface area contributed by atoms with E-state index in [1.807, 2.05) is 30.3 Å². The van der Waals surface area contributed by atoms with Crippen LogP contribution in [0.4, 0.5) is 4.79 Å². The third-order valence-electron chi connectivity index (χ3n) is 3.81. The molecule has 0 saturated carbocycles. The maximum atomic E-state index is 12.5. The topological polar surface area (TPSA) is 88.6 Å². The number of benzene rings is 1. The van der Waals surface area contributed by atoms with Crippen molar-refractivity contribution in [3.63, 3.8) is 0 Å². The molecule has 0 aromatic heterocycles. The second kappa shape index (κ2) is 7.84. The van der Waals surface area contributed by atoms with Gasteiger partial charge in [-0.1, -0.05) is 30.3 Å². The molecule has 138 valence electrons. The average Bonchev–Trinajstić information content (AvgIpc) is 3.33. The van der Waals surface area contributed by atoms with Gasteiger partial charge in [-0.15, -0.1) is 0 Å².